The highest BCUT2D eigenvalue weighted by Gasteiger charge is 2.43. The minimum absolute atomic E-state index is 0.306. The van der Waals surface area contributed by atoms with Crippen molar-refractivity contribution in [2.75, 3.05) is 14.1 Å². The predicted octanol–water partition coefficient (Wildman–Crippen LogP) is 5.34. The summed E-state index contributed by atoms with van der Waals surface area (Å²) >= 11 is 6.06. The van der Waals surface area contributed by atoms with Crippen LogP contribution in [0.2, 0.25) is 5.02 Å². The quantitative estimate of drug-likeness (QED) is 0.724. The van der Waals surface area contributed by atoms with Crippen LogP contribution in [-0.2, 0) is 0 Å². The van der Waals surface area contributed by atoms with Crippen molar-refractivity contribution in [3.05, 3.63) is 34.9 Å². The number of rotatable bonds is 4. The van der Waals surface area contributed by atoms with Gasteiger partial charge in [-0.2, -0.15) is 0 Å². The van der Waals surface area contributed by atoms with Crippen molar-refractivity contribution in [2.24, 2.45) is 5.92 Å². The fourth-order valence-corrected chi connectivity index (χ4v) is 4.19. The Morgan fingerprint density at radius 3 is 2.40 bits per heavy atom. The van der Waals surface area contributed by atoms with E-state index in [2.05, 4.69) is 45.0 Å². The molecule has 2 heteroatoms. The van der Waals surface area contributed by atoms with Crippen LogP contribution in [-0.4, -0.2) is 24.5 Å². The third-order valence-corrected chi connectivity index (χ3v) is 5.18. The first kappa shape index (κ1) is 15.9. The van der Waals surface area contributed by atoms with E-state index >= 15 is 0 Å². The standard InChI is InChI=1S/C18H28ClN/c1-14(2)13-18(20(3)4)12-6-5-7-17(18)15-8-10-16(19)11-9-15/h8-11,14,17H,5-7,12-13H2,1-4H3. The van der Waals surface area contributed by atoms with Crippen LogP contribution in [0.1, 0.15) is 57.4 Å². The largest absolute Gasteiger partial charge is 0.303 e. The Kier molecular flexibility index (Phi) is 5.14. The normalized spacial score (nSPS) is 27.2. The molecule has 0 spiro atoms. The van der Waals surface area contributed by atoms with Crippen LogP contribution in [0.15, 0.2) is 24.3 Å². The maximum atomic E-state index is 6.06. The smallest absolute Gasteiger partial charge is 0.0406 e. The highest BCUT2D eigenvalue weighted by Crippen LogP contribution is 2.47. The van der Waals surface area contributed by atoms with Gasteiger partial charge in [-0.05, 0) is 57.0 Å². The molecule has 1 fully saturated rings. The summed E-state index contributed by atoms with van der Waals surface area (Å²) in [6.07, 6.45) is 6.58. The molecule has 1 aromatic rings. The third-order valence-electron chi connectivity index (χ3n) is 4.93. The molecule has 1 nitrogen and oxygen atoms in total. The van der Waals surface area contributed by atoms with E-state index in [9.17, 15) is 0 Å². The lowest BCUT2D eigenvalue weighted by Gasteiger charge is -2.50. The van der Waals surface area contributed by atoms with Crippen LogP contribution in [0.4, 0.5) is 0 Å². The van der Waals surface area contributed by atoms with E-state index in [4.69, 9.17) is 11.6 Å². The number of halogens is 1. The molecule has 2 rings (SSSR count). The molecule has 0 aromatic heterocycles. The summed E-state index contributed by atoms with van der Waals surface area (Å²) in [7, 11) is 4.52. The summed E-state index contributed by atoms with van der Waals surface area (Å²) in [5, 5.41) is 0.837. The Bertz CT molecular complexity index is 424. The zero-order chi connectivity index (χ0) is 14.8. The Morgan fingerprint density at radius 1 is 1.20 bits per heavy atom. The van der Waals surface area contributed by atoms with Crippen molar-refractivity contribution in [1.29, 1.82) is 0 Å². The molecular formula is C18H28ClN. The van der Waals surface area contributed by atoms with E-state index in [1.807, 2.05) is 12.1 Å². The van der Waals surface area contributed by atoms with E-state index < -0.39 is 0 Å². The van der Waals surface area contributed by atoms with Crippen molar-refractivity contribution in [2.45, 2.75) is 57.4 Å². The molecule has 0 saturated heterocycles. The molecule has 0 bridgehead atoms. The fraction of sp³-hybridized carbons (Fsp3) is 0.667. The molecule has 1 aromatic carbocycles. The molecule has 2 unspecified atom stereocenters. The van der Waals surface area contributed by atoms with E-state index in [0.717, 1.165) is 10.9 Å². The van der Waals surface area contributed by atoms with Crippen LogP contribution in [0.25, 0.3) is 0 Å². The van der Waals surface area contributed by atoms with Gasteiger partial charge < -0.3 is 4.90 Å². The first-order valence-electron chi connectivity index (χ1n) is 7.88. The van der Waals surface area contributed by atoms with Gasteiger partial charge in [0, 0.05) is 16.5 Å². The highest BCUT2D eigenvalue weighted by molar-refractivity contribution is 6.30. The Labute approximate surface area is 129 Å². The second-order valence-corrected chi connectivity index (χ2v) is 7.38. The number of benzene rings is 1. The molecular weight excluding hydrogens is 266 g/mol. The summed E-state index contributed by atoms with van der Waals surface area (Å²) in [4.78, 5) is 2.49. The molecule has 0 N–H and O–H groups in total. The minimum Gasteiger partial charge on any atom is -0.303 e. The van der Waals surface area contributed by atoms with E-state index in [0.29, 0.717) is 11.5 Å². The Balaban J connectivity index is 2.37. The second kappa shape index (κ2) is 6.49. The van der Waals surface area contributed by atoms with Gasteiger partial charge in [0.25, 0.3) is 0 Å². The Hall–Kier alpha value is -0.530. The van der Waals surface area contributed by atoms with Gasteiger partial charge in [0.05, 0.1) is 0 Å². The zero-order valence-corrected chi connectivity index (χ0v) is 14.1. The molecule has 1 aliphatic carbocycles. The van der Waals surface area contributed by atoms with Crippen LogP contribution in [0.5, 0.6) is 0 Å². The Morgan fingerprint density at radius 2 is 1.85 bits per heavy atom. The molecule has 20 heavy (non-hydrogen) atoms. The maximum Gasteiger partial charge on any atom is 0.0406 e. The topological polar surface area (TPSA) is 3.24 Å². The molecule has 0 heterocycles. The first-order valence-corrected chi connectivity index (χ1v) is 8.26. The van der Waals surface area contributed by atoms with Gasteiger partial charge in [-0.25, -0.2) is 0 Å². The summed E-state index contributed by atoms with van der Waals surface area (Å²) in [6.45, 7) is 4.69. The number of hydrogen-bond acceptors (Lipinski definition) is 1. The van der Waals surface area contributed by atoms with Crippen LogP contribution < -0.4 is 0 Å². The minimum atomic E-state index is 0.306. The average Bonchev–Trinajstić information content (AvgIpc) is 2.39. The molecule has 0 amide bonds. The molecule has 112 valence electrons. The average molecular weight is 294 g/mol. The van der Waals surface area contributed by atoms with Crippen molar-refractivity contribution in [1.82, 2.24) is 4.90 Å². The molecule has 0 radical (unpaired) electrons. The van der Waals surface area contributed by atoms with Gasteiger partial charge in [-0.1, -0.05) is 50.4 Å². The summed E-state index contributed by atoms with van der Waals surface area (Å²) in [6, 6.07) is 8.55. The number of hydrogen-bond donors (Lipinski definition) is 0. The van der Waals surface area contributed by atoms with E-state index in [-0.39, 0.29) is 0 Å². The van der Waals surface area contributed by atoms with Crippen molar-refractivity contribution in [3.63, 3.8) is 0 Å². The first-order chi connectivity index (χ1) is 9.45. The fourth-order valence-electron chi connectivity index (χ4n) is 4.06. The molecule has 1 saturated carbocycles. The van der Waals surface area contributed by atoms with Crippen LogP contribution in [0.3, 0.4) is 0 Å². The lowest BCUT2D eigenvalue weighted by molar-refractivity contribution is 0.0531. The SMILES string of the molecule is CC(C)CC1(N(C)C)CCCCC1c1ccc(Cl)cc1. The zero-order valence-electron chi connectivity index (χ0n) is 13.3. The van der Waals surface area contributed by atoms with Gasteiger partial charge in [-0.3, -0.25) is 0 Å². The number of nitrogens with zero attached hydrogens (tertiary/aromatic N) is 1. The second-order valence-electron chi connectivity index (χ2n) is 6.95. The molecule has 2 atom stereocenters. The summed E-state index contributed by atoms with van der Waals surface area (Å²) in [5.41, 5.74) is 1.77. The molecule has 0 aliphatic heterocycles. The van der Waals surface area contributed by atoms with Gasteiger partial charge >= 0.3 is 0 Å². The van der Waals surface area contributed by atoms with Crippen molar-refractivity contribution in [3.8, 4) is 0 Å². The van der Waals surface area contributed by atoms with Gasteiger partial charge in [-0.15, -0.1) is 0 Å². The monoisotopic (exact) mass is 293 g/mol. The van der Waals surface area contributed by atoms with E-state index in [1.54, 1.807) is 0 Å². The highest BCUT2D eigenvalue weighted by atomic mass is 35.5. The van der Waals surface area contributed by atoms with Gasteiger partial charge in [0.15, 0.2) is 0 Å². The van der Waals surface area contributed by atoms with Crippen LogP contribution in [0, 0.1) is 5.92 Å². The predicted molar refractivity (Wildman–Crippen MR) is 88.5 cm³/mol. The lowest BCUT2D eigenvalue weighted by Crippen LogP contribution is -2.51. The number of likely N-dealkylation sites (N-methyl/N-ethyl adjacent to an activating group) is 1. The lowest BCUT2D eigenvalue weighted by atomic mass is 9.65. The van der Waals surface area contributed by atoms with Gasteiger partial charge in [0.1, 0.15) is 0 Å². The third kappa shape index (κ3) is 3.20. The summed E-state index contributed by atoms with van der Waals surface area (Å²) in [5.74, 6) is 1.36. The van der Waals surface area contributed by atoms with Crippen LogP contribution >= 0.6 is 11.6 Å². The summed E-state index contributed by atoms with van der Waals surface area (Å²) < 4.78 is 0. The molecule has 1 aliphatic rings. The maximum absolute atomic E-state index is 6.06. The van der Waals surface area contributed by atoms with Gasteiger partial charge in [0.2, 0.25) is 0 Å². The van der Waals surface area contributed by atoms with Crippen molar-refractivity contribution >= 4 is 11.6 Å². The van der Waals surface area contributed by atoms with E-state index in [1.165, 1.54) is 37.7 Å². The van der Waals surface area contributed by atoms with Crippen molar-refractivity contribution < 1.29 is 0 Å².